The Labute approximate surface area is 149 Å². The lowest BCUT2D eigenvalue weighted by molar-refractivity contribution is 0.0934. The molecule has 1 unspecified atom stereocenters. The van der Waals surface area contributed by atoms with Crippen LogP contribution in [0.4, 0.5) is 17.2 Å². The molecule has 1 atom stereocenters. The minimum absolute atomic E-state index is 0.122. The van der Waals surface area contributed by atoms with Crippen LogP contribution in [0, 0.1) is 0 Å². The summed E-state index contributed by atoms with van der Waals surface area (Å²) in [7, 11) is 0. The van der Waals surface area contributed by atoms with Crippen LogP contribution in [0.5, 0.6) is 0 Å². The summed E-state index contributed by atoms with van der Waals surface area (Å²) in [5.74, 6) is 0.410. The highest BCUT2D eigenvalue weighted by atomic mass is 16.1. The van der Waals surface area contributed by atoms with Crippen molar-refractivity contribution in [1.82, 2.24) is 15.3 Å². The summed E-state index contributed by atoms with van der Waals surface area (Å²) in [6.07, 6.45) is 3.94. The second kappa shape index (κ2) is 9.01. The summed E-state index contributed by atoms with van der Waals surface area (Å²) in [6.45, 7) is 10.2. The van der Waals surface area contributed by atoms with Gasteiger partial charge in [-0.1, -0.05) is 6.92 Å². The van der Waals surface area contributed by atoms with Crippen molar-refractivity contribution in [2.24, 2.45) is 0 Å². The number of amides is 1. The molecule has 0 saturated carbocycles. The van der Waals surface area contributed by atoms with Crippen LogP contribution in [0.3, 0.4) is 0 Å². The van der Waals surface area contributed by atoms with Gasteiger partial charge in [-0.05, 0) is 51.5 Å². The molecule has 0 aliphatic heterocycles. The predicted octanol–water partition coefficient (Wildman–Crippen LogP) is 3.59. The molecule has 1 aromatic carbocycles. The van der Waals surface area contributed by atoms with Crippen molar-refractivity contribution in [3.63, 3.8) is 0 Å². The normalized spacial score (nSPS) is 11.7. The number of anilines is 3. The van der Waals surface area contributed by atoms with Crippen LogP contribution in [0.15, 0.2) is 36.7 Å². The monoisotopic (exact) mass is 341 g/mol. The molecule has 0 fully saturated rings. The number of benzene rings is 1. The first-order valence-electron chi connectivity index (χ1n) is 8.82. The maximum atomic E-state index is 12.0. The second-order valence-electron chi connectivity index (χ2n) is 5.91. The average molecular weight is 341 g/mol. The zero-order chi connectivity index (χ0) is 18.2. The zero-order valence-corrected chi connectivity index (χ0v) is 15.4. The highest BCUT2D eigenvalue weighted by Gasteiger charge is 2.10. The van der Waals surface area contributed by atoms with Crippen LogP contribution in [0.2, 0.25) is 0 Å². The van der Waals surface area contributed by atoms with Gasteiger partial charge in [0.05, 0.1) is 12.4 Å². The predicted molar refractivity (Wildman–Crippen MR) is 103 cm³/mol. The molecule has 134 valence electrons. The second-order valence-corrected chi connectivity index (χ2v) is 5.91. The van der Waals surface area contributed by atoms with Gasteiger partial charge in [0.15, 0.2) is 0 Å². The number of hydrogen-bond acceptors (Lipinski definition) is 5. The van der Waals surface area contributed by atoms with E-state index in [-0.39, 0.29) is 11.9 Å². The largest absolute Gasteiger partial charge is 0.372 e. The first-order chi connectivity index (χ1) is 12.1. The molecule has 1 heterocycles. The molecule has 2 N–H and O–H groups in total. The van der Waals surface area contributed by atoms with Crippen molar-refractivity contribution in [2.45, 2.75) is 40.2 Å². The van der Waals surface area contributed by atoms with E-state index in [4.69, 9.17) is 0 Å². The van der Waals surface area contributed by atoms with E-state index in [1.54, 1.807) is 6.20 Å². The molecular weight excluding hydrogens is 314 g/mol. The molecule has 6 nitrogen and oxygen atoms in total. The summed E-state index contributed by atoms with van der Waals surface area (Å²) in [6, 6.07) is 8.31. The Morgan fingerprint density at radius 1 is 1.08 bits per heavy atom. The van der Waals surface area contributed by atoms with Gasteiger partial charge in [0, 0.05) is 30.5 Å². The molecule has 1 aromatic heterocycles. The van der Waals surface area contributed by atoms with E-state index in [0.717, 1.165) is 25.2 Å². The number of nitrogens with zero attached hydrogens (tertiary/aromatic N) is 3. The molecule has 25 heavy (non-hydrogen) atoms. The van der Waals surface area contributed by atoms with Crippen LogP contribution in [0.1, 0.15) is 44.6 Å². The molecular formula is C19H27N5O. The third kappa shape index (κ3) is 5.17. The van der Waals surface area contributed by atoms with Crippen LogP contribution in [-0.4, -0.2) is 35.0 Å². The Balaban J connectivity index is 2.00. The number of carbonyl (C=O) groups excluding carboxylic acids is 1. The fraction of sp³-hybridized carbons (Fsp3) is 0.421. The third-order valence-electron chi connectivity index (χ3n) is 4.14. The van der Waals surface area contributed by atoms with Crippen LogP contribution in [-0.2, 0) is 0 Å². The van der Waals surface area contributed by atoms with Gasteiger partial charge in [0.1, 0.15) is 11.5 Å². The quantitative estimate of drug-likeness (QED) is 0.768. The van der Waals surface area contributed by atoms with Gasteiger partial charge in [-0.3, -0.25) is 4.79 Å². The average Bonchev–Trinajstić information content (AvgIpc) is 2.64. The van der Waals surface area contributed by atoms with E-state index < -0.39 is 0 Å². The smallest absolute Gasteiger partial charge is 0.271 e. The number of nitrogens with one attached hydrogen (secondary N) is 2. The summed E-state index contributed by atoms with van der Waals surface area (Å²) in [5.41, 5.74) is 2.45. The summed E-state index contributed by atoms with van der Waals surface area (Å²) in [5, 5.41) is 6.08. The lowest BCUT2D eigenvalue weighted by Crippen LogP contribution is -2.32. The van der Waals surface area contributed by atoms with Crippen molar-refractivity contribution in [3.8, 4) is 0 Å². The summed E-state index contributed by atoms with van der Waals surface area (Å²) >= 11 is 0. The molecule has 1 amide bonds. The number of aromatic nitrogens is 2. The Morgan fingerprint density at radius 3 is 2.28 bits per heavy atom. The maximum Gasteiger partial charge on any atom is 0.271 e. The molecule has 2 rings (SSSR count). The van der Waals surface area contributed by atoms with E-state index in [2.05, 4.69) is 51.5 Å². The van der Waals surface area contributed by atoms with Crippen molar-refractivity contribution in [1.29, 1.82) is 0 Å². The van der Waals surface area contributed by atoms with Gasteiger partial charge in [0.2, 0.25) is 0 Å². The van der Waals surface area contributed by atoms with Gasteiger partial charge in [-0.15, -0.1) is 0 Å². The lowest BCUT2D eigenvalue weighted by Gasteiger charge is -2.21. The highest BCUT2D eigenvalue weighted by molar-refractivity contribution is 5.92. The fourth-order valence-corrected chi connectivity index (χ4v) is 2.40. The van der Waals surface area contributed by atoms with E-state index in [1.165, 1.54) is 11.9 Å². The van der Waals surface area contributed by atoms with E-state index in [1.807, 2.05) is 26.0 Å². The van der Waals surface area contributed by atoms with Crippen LogP contribution >= 0.6 is 0 Å². The molecule has 6 heteroatoms. The van der Waals surface area contributed by atoms with E-state index >= 15 is 0 Å². The molecule has 0 aliphatic carbocycles. The van der Waals surface area contributed by atoms with E-state index in [0.29, 0.717) is 11.5 Å². The Morgan fingerprint density at radius 2 is 1.76 bits per heavy atom. The van der Waals surface area contributed by atoms with Gasteiger partial charge >= 0.3 is 0 Å². The highest BCUT2D eigenvalue weighted by Crippen LogP contribution is 2.20. The first-order valence-corrected chi connectivity index (χ1v) is 8.82. The zero-order valence-electron chi connectivity index (χ0n) is 15.4. The van der Waals surface area contributed by atoms with Crippen LogP contribution in [0.25, 0.3) is 0 Å². The van der Waals surface area contributed by atoms with Gasteiger partial charge in [0.25, 0.3) is 5.91 Å². The Bertz CT molecular complexity index is 665. The van der Waals surface area contributed by atoms with Crippen LogP contribution < -0.4 is 15.5 Å². The standard InChI is InChI=1S/C19H27N5O/c1-5-14(4)22-19(25)17-12-21-18(13-20-17)23-15-8-10-16(11-9-15)24(6-2)7-3/h8-14H,5-7H2,1-4H3,(H,21,23)(H,22,25). The summed E-state index contributed by atoms with van der Waals surface area (Å²) in [4.78, 5) is 22.8. The van der Waals surface area contributed by atoms with Gasteiger partial charge in [-0.2, -0.15) is 0 Å². The topological polar surface area (TPSA) is 70.2 Å². The maximum absolute atomic E-state index is 12.0. The molecule has 2 aromatic rings. The number of hydrogen-bond donors (Lipinski definition) is 2. The third-order valence-corrected chi connectivity index (χ3v) is 4.14. The minimum Gasteiger partial charge on any atom is -0.372 e. The van der Waals surface area contributed by atoms with Gasteiger partial charge < -0.3 is 15.5 Å². The molecule has 0 radical (unpaired) electrons. The molecule has 0 saturated heterocycles. The van der Waals surface area contributed by atoms with Crippen molar-refractivity contribution in [2.75, 3.05) is 23.3 Å². The van der Waals surface area contributed by atoms with E-state index in [9.17, 15) is 4.79 Å². The minimum atomic E-state index is -0.197. The lowest BCUT2D eigenvalue weighted by atomic mass is 10.2. The van der Waals surface area contributed by atoms with Crippen molar-refractivity contribution < 1.29 is 4.79 Å². The molecule has 0 bridgehead atoms. The number of carbonyl (C=O) groups is 1. The van der Waals surface area contributed by atoms with Crippen molar-refractivity contribution >= 4 is 23.1 Å². The number of rotatable bonds is 8. The molecule has 0 spiro atoms. The SMILES string of the molecule is CCC(C)NC(=O)c1cnc(Nc2ccc(N(CC)CC)cc2)cn1. The Kier molecular flexibility index (Phi) is 6.74. The Hall–Kier alpha value is -2.63. The first kappa shape index (κ1) is 18.7. The summed E-state index contributed by atoms with van der Waals surface area (Å²) < 4.78 is 0. The van der Waals surface area contributed by atoms with Gasteiger partial charge in [-0.25, -0.2) is 9.97 Å². The fourth-order valence-electron chi connectivity index (χ4n) is 2.40. The van der Waals surface area contributed by atoms with Crippen molar-refractivity contribution in [3.05, 3.63) is 42.4 Å². The molecule has 0 aliphatic rings.